The predicted octanol–water partition coefficient (Wildman–Crippen LogP) is 10.5. The van der Waals surface area contributed by atoms with Crippen LogP contribution in [0, 0.1) is 0 Å². The molecule has 0 aliphatic rings. The summed E-state index contributed by atoms with van der Waals surface area (Å²) in [6.45, 7) is 0. The third kappa shape index (κ3) is 4.61. The number of fused-ring (bicyclic) bond motifs is 2. The lowest BCUT2D eigenvalue weighted by Gasteiger charge is -2.18. The smallest absolute Gasteiger partial charge is 0.160 e. The van der Waals surface area contributed by atoms with Crippen molar-refractivity contribution < 1.29 is 0 Å². The van der Waals surface area contributed by atoms with Crippen LogP contribution in [-0.2, 0) is 0 Å². The number of hydrogen-bond acceptors (Lipinski definition) is 3. The lowest BCUT2D eigenvalue weighted by molar-refractivity contribution is 1.18. The van der Waals surface area contributed by atoms with Crippen molar-refractivity contribution in [1.82, 2.24) is 15.0 Å². The first-order chi connectivity index (χ1) is 21.8. The molecule has 8 aromatic rings. The molecule has 0 amide bonds. The number of benzene rings is 6. The maximum atomic E-state index is 5.09. The largest absolute Gasteiger partial charge is 0.264 e. The van der Waals surface area contributed by atoms with E-state index in [-0.39, 0.29) is 0 Å². The molecule has 0 saturated heterocycles. The van der Waals surface area contributed by atoms with Crippen molar-refractivity contribution in [2.24, 2.45) is 0 Å². The van der Waals surface area contributed by atoms with Gasteiger partial charge in [0.1, 0.15) is 0 Å². The summed E-state index contributed by atoms with van der Waals surface area (Å²) >= 11 is 0. The molecule has 0 aliphatic carbocycles. The van der Waals surface area contributed by atoms with Gasteiger partial charge in [-0.1, -0.05) is 133 Å². The second-order valence-corrected chi connectivity index (χ2v) is 10.9. The fraction of sp³-hybridized carbons (Fsp3) is 0. The molecule has 0 saturated carbocycles. The molecule has 0 spiro atoms. The number of rotatable bonds is 5. The molecule has 0 fully saturated rings. The van der Waals surface area contributed by atoms with Crippen molar-refractivity contribution in [3.8, 4) is 56.2 Å². The zero-order chi connectivity index (χ0) is 29.3. The first-order valence-electron chi connectivity index (χ1n) is 14.8. The van der Waals surface area contributed by atoms with Gasteiger partial charge in [-0.05, 0) is 56.4 Å². The SMILES string of the molecule is c1ccc(-c2cc(-c3ccccc3)nc(-c3cccc(-c4c5ccccc5c(-c5cccnc5)c5ccccc45)c3)n2)cc1. The summed E-state index contributed by atoms with van der Waals surface area (Å²) in [6, 6.07) is 52.9. The van der Waals surface area contributed by atoms with Gasteiger partial charge in [0.2, 0.25) is 0 Å². The molecule has 44 heavy (non-hydrogen) atoms. The molecule has 6 aromatic carbocycles. The van der Waals surface area contributed by atoms with Gasteiger partial charge < -0.3 is 0 Å². The summed E-state index contributed by atoms with van der Waals surface area (Å²) in [7, 11) is 0. The predicted molar refractivity (Wildman–Crippen MR) is 182 cm³/mol. The molecule has 3 nitrogen and oxygen atoms in total. The minimum atomic E-state index is 0.702. The summed E-state index contributed by atoms with van der Waals surface area (Å²) in [5.74, 6) is 0.702. The Morgan fingerprint density at radius 3 is 1.32 bits per heavy atom. The Morgan fingerprint density at radius 2 is 0.795 bits per heavy atom. The Kier molecular flexibility index (Phi) is 6.47. The summed E-state index contributed by atoms with van der Waals surface area (Å²) < 4.78 is 0. The highest BCUT2D eigenvalue weighted by molar-refractivity contribution is 6.21. The second-order valence-electron chi connectivity index (χ2n) is 10.9. The average Bonchev–Trinajstić information content (AvgIpc) is 3.11. The number of nitrogens with zero attached hydrogens (tertiary/aromatic N) is 3. The van der Waals surface area contributed by atoms with Crippen molar-refractivity contribution >= 4 is 21.5 Å². The minimum absolute atomic E-state index is 0.702. The summed E-state index contributed by atoms with van der Waals surface area (Å²) in [4.78, 5) is 14.6. The maximum absolute atomic E-state index is 5.09. The van der Waals surface area contributed by atoms with Crippen molar-refractivity contribution in [1.29, 1.82) is 0 Å². The number of pyridine rings is 1. The van der Waals surface area contributed by atoms with E-state index >= 15 is 0 Å². The van der Waals surface area contributed by atoms with Crippen molar-refractivity contribution in [3.63, 3.8) is 0 Å². The van der Waals surface area contributed by atoms with Crippen LogP contribution in [0.25, 0.3) is 77.7 Å². The molecule has 0 radical (unpaired) electrons. The van der Waals surface area contributed by atoms with Gasteiger partial charge in [-0.15, -0.1) is 0 Å². The standard InChI is InChI=1S/C41H27N3/c1-3-13-28(14-4-1)37-26-38(29-15-5-2-6-16-29)44-41(43-37)31-18-11-17-30(25-31)39-33-20-7-9-22-35(33)40(32-19-12-24-42-27-32)36-23-10-8-21-34(36)39/h1-27H. The third-order valence-corrected chi connectivity index (χ3v) is 8.16. The van der Waals surface area contributed by atoms with Crippen LogP contribution in [0.3, 0.4) is 0 Å². The molecule has 0 unspecified atom stereocenters. The van der Waals surface area contributed by atoms with Crippen LogP contribution in [0.15, 0.2) is 164 Å². The zero-order valence-electron chi connectivity index (χ0n) is 23.9. The van der Waals surface area contributed by atoms with Crippen molar-refractivity contribution in [2.45, 2.75) is 0 Å². The lowest BCUT2D eigenvalue weighted by atomic mass is 9.86. The van der Waals surface area contributed by atoms with Crippen LogP contribution < -0.4 is 0 Å². The van der Waals surface area contributed by atoms with Crippen LogP contribution >= 0.6 is 0 Å². The van der Waals surface area contributed by atoms with E-state index in [2.05, 4.69) is 114 Å². The Labute approximate surface area is 256 Å². The Bertz CT molecular complexity index is 2150. The van der Waals surface area contributed by atoms with Crippen LogP contribution in [0.5, 0.6) is 0 Å². The van der Waals surface area contributed by atoms with Gasteiger partial charge in [0.15, 0.2) is 5.82 Å². The summed E-state index contributed by atoms with van der Waals surface area (Å²) in [6.07, 6.45) is 3.78. The van der Waals surface area contributed by atoms with Crippen LogP contribution in [-0.4, -0.2) is 15.0 Å². The van der Waals surface area contributed by atoms with Crippen LogP contribution in [0.2, 0.25) is 0 Å². The third-order valence-electron chi connectivity index (χ3n) is 8.16. The van der Waals surface area contributed by atoms with E-state index in [0.29, 0.717) is 5.82 Å². The molecule has 0 aliphatic heterocycles. The average molecular weight is 562 g/mol. The van der Waals surface area contributed by atoms with Gasteiger partial charge in [-0.3, -0.25) is 4.98 Å². The molecular weight excluding hydrogens is 534 g/mol. The van der Waals surface area contributed by atoms with Crippen molar-refractivity contribution in [3.05, 3.63) is 164 Å². The molecule has 0 N–H and O–H groups in total. The first kappa shape index (κ1) is 25.8. The number of aromatic nitrogens is 3. The van der Waals surface area contributed by atoms with Crippen LogP contribution in [0.1, 0.15) is 0 Å². The van der Waals surface area contributed by atoms with Gasteiger partial charge in [-0.25, -0.2) is 9.97 Å². The Hall–Kier alpha value is -5.93. The minimum Gasteiger partial charge on any atom is -0.264 e. The monoisotopic (exact) mass is 561 g/mol. The molecule has 3 heteroatoms. The highest BCUT2D eigenvalue weighted by atomic mass is 14.9. The van der Waals surface area contributed by atoms with E-state index in [1.807, 2.05) is 54.9 Å². The Balaban J connectivity index is 1.36. The highest BCUT2D eigenvalue weighted by Gasteiger charge is 2.18. The maximum Gasteiger partial charge on any atom is 0.160 e. The van der Waals surface area contributed by atoms with E-state index < -0.39 is 0 Å². The molecule has 2 aromatic heterocycles. The quantitative estimate of drug-likeness (QED) is 0.196. The summed E-state index contributed by atoms with van der Waals surface area (Å²) in [5.41, 5.74) is 9.54. The van der Waals surface area contributed by atoms with Gasteiger partial charge in [0.25, 0.3) is 0 Å². The van der Waals surface area contributed by atoms with E-state index in [1.165, 1.54) is 32.7 Å². The molecule has 2 heterocycles. The fourth-order valence-corrected chi connectivity index (χ4v) is 6.16. The second kappa shape index (κ2) is 11.0. The Morgan fingerprint density at radius 1 is 0.341 bits per heavy atom. The normalized spacial score (nSPS) is 11.2. The first-order valence-corrected chi connectivity index (χ1v) is 14.8. The summed E-state index contributed by atoms with van der Waals surface area (Å²) in [5, 5.41) is 4.80. The van der Waals surface area contributed by atoms with E-state index in [0.717, 1.165) is 39.2 Å². The van der Waals surface area contributed by atoms with Gasteiger partial charge in [-0.2, -0.15) is 0 Å². The molecule has 0 atom stereocenters. The lowest BCUT2D eigenvalue weighted by Crippen LogP contribution is -1.96. The van der Waals surface area contributed by atoms with E-state index in [9.17, 15) is 0 Å². The highest BCUT2D eigenvalue weighted by Crippen LogP contribution is 2.44. The molecule has 0 bridgehead atoms. The van der Waals surface area contributed by atoms with Gasteiger partial charge >= 0.3 is 0 Å². The van der Waals surface area contributed by atoms with E-state index in [1.54, 1.807) is 0 Å². The van der Waals surface area contributed by atoms with Gasteiger partial charge in [0.05, 0.1) is 11.4 Å². The fourth-order valence-electron chi connectivity index (χ4n) is 6.16. The molecular formula is C41H27N3. The topological polar surface area (TPSA) is 38.7 Å². The van der Waals surface area contributed by atoms with Crippen LogP contribution in [0.4, 0.5) is 0 Å². The number of hydrogen-bond donors (Lipinski definition) is 0. The van der Waals surface area contributed by atoms with Crippen molar-refractivity contribution in [2.75, 3.05) is 0 Å². The van der Waals surface area contributed by atoms with E-state index in [4.69, 9.17) is 9.97 Å². The molecule has 8 rings (SSSR count). The molecule has 206 valence electrons. The zero-order valence-corrected chi connectivity index (χ0v) is 23.9. The van der Waals surface area contributed by atoms with Gasteiger partial charge in [0, 0.05) is 34.6 Å².